The van der Waals surface area contributed by atoms with Crippen molar-refractivity contribution < 1.29 is 4.74 Å². The average Bonchev–Trinajstić information content (AvgIpc) is 3.22. The van der Waals surface area contributed by atoms with Crippen LogP contribution < -0.4 is 10.1 Å². The van der Waals surface area contributed by atoms with Gasteiger partial charge in [0.05, 0.1) is 11.2 Å². The summed E-state index contributed by atoms with van der Waals surface area (Å²) in [6.45, 7) is 1.81. The summed E-state index contributed by atoms with van der Waals surface area (Å²) in [6.07, 6.45) is 2.42. The Morgan fingerprint density at radius 3 is 2.74 bits per heavy atom. The number of benzene rings is 2. The third-order valence-corrected chi connectivity index (χ3v) is 4.58. The maximum Gasteiger partial charge on any atom is 0.140 e. The van der Waals surface area contributed by atoms with Crippen molar-refractivity contribution in [2.24, 2.45) is 0 Å². The fourth-order valence-electron chi connectivity index (χ4n) is 2.95. The van der Waals surface area contributed by atoms with Crippen LogP contribution in [0.5, 0.6) is 5.75 Å². The van der Waals surface area contributed by atoms with Crippen molar-refractivity contribution in [1.29, 1.82) is 0 Å². The highest BCUT2D eigenvalue weighted by atomic mass is 35.5. The Hall–Kier alpha value is -2.04. The lowest BCUT2D eigenvalue weighted by atomic mass is 10.2. The largest absolute Gasteiger partial charge is 0.492 e. The SMILES string of the molecule is Clc1c2ccccc2nn1-c1ccc(OCC2CCCN2)cc1. The van der Waals surface area contributed by atoms with Gasteiger partial charge in [0.1, 0.15) is 17.5 Å². The molecule has 5 heteroatoms. The Bertz CT molecular complexity index is 807. The summed E-state index contributed by atoms with van der Waals surface area (Å²) in [5.41, 5.74) is 1.82. The Balaban J connectivity index is 1.53. The van der Waals surface area contributed by atoms with Crippen molar-refractivity contribution in [1.82, 2.24) is 15.1 Å². The fourth-order valence-corrected chi connectivity index (χ4v) is 3.25. The first kappa shape index (κ1) is 14.5. The molecule has 4 rings (SSSR count). The first-order chi connectivity index (χ1) is 11.3. The third-order valence-electron chi connectivity index (χ3n) is 4.21. The minimum Gasteiger partial charge on any atom is -0.492 e. The van der Waals surface area contributed by atoms with Gasteiger partial charge in [-0.05, 0) is 55.8 Å². The van der Waals surface area contributed by atoms with Crippen LogP contribution >= 0.6 is 11.6 Å². The van der Waals surface area contributed by atoms with Crippen LogP contribution in [0.3, 0.4) is 0 Å². The lowest BCUT2D eigenvalue weighted by Gasteiger charge is -2.12. The van der Waals surface area contributed by atoms with E-state index in [-0.39, 0.29) is 0 Å². The Labute approximate surface area is 140 Å². The maximum atomic E-state index is 6.44. The number of rotatable bonds is 4. The van der Waals surface area contributed by atoms with Gasteiger partial charge in [-0.15, -0.1) is 0 Å². The second kappa shape index (κ2) is 6.22. The molecular weight excluding hydrogens is 310 g/mol. The fraction of sp³-hybridized carbons (Fsp3) is 0.278. The molecule has 1 atom stereocenters. The summed E-state index contributed by atoms with van der Waals surface area (Å²) in [7, 11) is 0. The van der Waals surface area contributed by atoms with Gasteiger partial charge in [-0.25, -0.2) is 4.68 Å². The lowest BCUT2D eigenvalue weighted by Crippen LogP contribution is -2.28. The molecule has 1 aromatic heterocycles. The predicted molar refractivity (Wildman–Crippen MR) is 92.6 cm³/mol. The highest BCUT2D eigenvalue weighted by Gasteiger charge is 2.14. The number of halogens is 1. The van der Waals surface area contributed by atoms with Crippen molar-refractivity contribution in [2.45, 2.75) is 18.9 Å². The number of hydrogen-bond donors (Lipinski definition) is 1. The van der Waals surface area contributed by atoms with Gasteiger partial charge in [0, 0.05) is 11.4 Å². The first-order valence-electron chi connectivity index (χ1n) is 7.91. The van der Waals surface area contributed by atoms with E-state index in [9.17, 15) is 0 Å². The molecule has 0 aliphatic carbocycles. The summed E-state index contributed by atoms with van der Waals surface area (Å²) in [4.78, 5) is 0. The van der Waals surface area contributed by atoms with Crippen LogP contribution in [-0.4, -0.2) is 29.0 Å². The van der Waals surface area contributed by atoms with Gasteiger partial charge in [0.15, 0.2) is 0 Å². The van der Waals surface area contributed by atoms with Crippen LogP contribution in [0.15, 0.2) is 48.5 Å². The maximum absolute atomic E-state index is 6.44. The van der Waals surface area contributed by atoms with Crippen molar-refractivity contribution in [2.75, 3.05) is 13.2 Å². The van der Waals surface area contributed by atoms with E-state index in [1.54, 1.807) is 4.68 Å². The summed E-state index contributed by atoms with van der Waals surface area (Å²) < 4.78 is 7.60. The second-order valence-corrected chi connectivity index (χ2v) is 6.18. The van der Waals surface area contributed by atoms with Gasteiger partial charge in [-0.1, -0.05) is 23.7 Å². The normalized spacial score (nSPS) is 17.7. The second-order valence-electron chi connectivity index (χ2n) is 5.82. The van der Waals surface area contributed by atoms with E-state index in [0.717, 1.165) is 28.9 Å². The van der Waals surface area contributed by atoms with Gasteiger partial charge >= 0.3 is 0 Å². The minimum absolute atomic E-state index is 0.473. The molecule has 0 bridgehead atoms. The van der Waals surface area contributed by atoms with Crippen LogP contribution in [0.25, 0.3) is 16.6 Å². The number of ether oxygens (including phenoxy) is 1. The molecule has 1 saturated heterocycles. The Kier molecular flexibility index (Phi) is 3.93. The molecule has 0 saturated carbocycles. The van der Waals surface area contributed by atoms with Gasteiger partial charge in [-0.3, -0.25) is 0 Å². The molecule has 1 N–H and O–H groups in total. The molecule has 0 radical (unpaired) electrons. The molecule has 0 amide bonds. The van der Waals surface area contributed by atoms with Crippen LogP contribution in [0.1, 0.15) is 12.8 Å². The summed E-state index contributed by atoms with van der Waals surface area (Å²) in [5, 5.41) is 9.57. The summed E-state index contributed by atoms with van der Waals surface area (Å²) in [5.74, 6) is 0.871. The van der Waals surface area contributed by atoms with E-state index < -0.39 is 0 Å². The zero-order chi connectivity index (χ0) is 15.6. The molecule has 3 aromatic rings. The zero-order valence-corrected chi connectivity index (χ0v) is 13.5. The van der Waals surface area contributed by atoms with E-state index in [1.807, 2.05) is 48.5 Å². The van der Waals surface area contributed by atoms with Gasteiger partial charge < -0.3 is 10.1 Å². The third kappa shape index (κ3) is 2.92. The average molecular weight is 328 g/mol. The molecule has 23 heavy (non-hydrogen) atoms. The van der Waals surface area contributed by atoms with Crippen LogP contribution in [0.2, 0.25) is 5.15 Å². The monoisotopic (exact) mass is 327 g/mol. The van der Waals surface area contributed by atoms with E-state index in [2.05, 4.69) is 10.4 Å². The summed E-state index contributed by atoms with van der Waals surface area (Å²) >= 11 is 6.44. The highest BCUT2D eigenvalue weighted by Crippen LogP contribution is 2.26. The minimum atomic E-state index is 0.473. The van der Waals surface area contributed by atoms with E-state index in [4.69, 9.17) is 16.3 Å². The van der Waals surface area contributed by atoms with Crippen molar-refractivity contribution in [3.63, 3.8) is 0 Å². The van der Waals surface area contributed by atoms with E-state index in [0.29, 0.717) is 17.8 Å². The van der Waals surface area contributed by atoms with E-state index in [1.165, 1.54) is 12.8 Å². The van der Waals surface area contributed by atoms with Crippen LogP contribution in [-0.2, 0) is 0 Å². The van der Waals surface area contributed by atoms with Crippen molar-refractivity contribution >= 4 is 22.5 Å². The van der Waals surface area contributed by atoms with Crippen LogP contribution in [0, 0.1) is 0 Å². The summed E-state index contributed by atoms with van der Waals surface area (Å²) in [6, 6.07) is 16.2. The highest BCUT2D eigenvalue weighted by molar-refractivity contribution is 6.34. The number of nitrogens with one attached hydrogen (secondary N) is 1. The predicted octanol–water partition coefficient (Wildman–Crippen LogP) is 3.81. The number of nitrogens with zero attached hydrogens (tertiary/aromatic N) is 2. The van der Waals surface area contributed by atoms with Crippen molar-refractivity contribution in [3.05, 3.63) is 53.7 Å². The molecule has 1 aliphatic heterocycles. The number of aromatic nitrogens is 2. The molecule has 0 spiro atoms. The van der Waals surface area contributed by atoms with Gasteiger partial charge in [0.25, 0.3) is 0 Å². The molecule has 118 valence electrons. The van der Waals surface area contributed by atoms with Gasteiger partial charge in [-0.2, -0.15) is 5.10 Å². The molecule has 1 fully saturated rings. The topological polar surface area (TPSA) is 39.1 Å². The lowest BCUT2D eigenvalue weighted by molar-refractivity contribution is 0.277. The quantitative estimate of drug-likeness (QED) is 0.792. The molecule has 1 unspecified atom stereocenters. The first-order valence-corrected chi connectivity index (χ1v) is 8.29. The Morgan fingerprint density at radius 1 is 1.17 bits per heavy atom. The van der Waals surface area contributed by atoms with E-state index >= 15 is 0 Å². The van der Waals surface area contributed by atoms with Crippen molar-refractivity contribution in [3.8, 4) is 11.4 Å². The molecular formula is C18H18ClN3O. The zero-order valence-electron chi connectivity index (χ0n) is 12.7. The van der Waals surface area contributed by atoms with Gasteiger partial charge in [0.2, 0.25) is 0 Å². The molecule has 1 aliphatic rings. The van der Waals surface area contributed by atoms with Crippen LogP contribution in [0.4, 0.5) is 0 Å². The smallest absolute Gasteiger partial charge is 0.140 e. The number of fused-ring (bicyclic) bond motifs is 1. The molecule has 2 heterocycles. The molecule has 4 nitrogen and oxygen atoms in total. The standard InChI is InChI=1S/C18H18ClN3O/c19-18-16-5-1-2-6-17(16)21-22(18)14-7-9-15(10-8-14)23-12-13-4-3-11-20-13/h1-2,5-10,13,20H,3-4,11-12H2. The number of hydrogen-bond acceptors (Lipinski definition) is 3. The Morgan fingerprint density at radius 2 is 2.00 bits per heavy atom. The molecule has 2 aromatic carbocycles.